The predicted octanol–water partition coefficient (Wildman–Crippen LogP) is 4.68. The summed E-state index contributed by atoms with van der Waals surface area (Å²) < 4.78 is 3.16. The Labute approximate surface area is 150 Å². The number of carbonyl (C=O) groups excluding carboxylic acids is 1. The largest absolute Gasteiger partial charge is 0.366 e. The minimum Gasteiger partial charge on any atom is -0.366 e. The SMILES string of the molecule is Cc1c(C(N)=O)c(-c2ccc(Br)cc2)c(C)n1Cc1ccccc1. The van der Waals surface area contributed by atoms with Crippen molar-refractivity contribution in [3.05, 3.63) is 81.6 Å². The Kier molecular flexibility index (Phi) is 4.58. The minimum atomic E-state index is -0.389. The number of hydrogen-bond donors (Lipinski definition) is 1. The third-order valence-electron chi connectivity index (χ3n) is 4.35. The molecule has 3 rings (SSSR count). The number of carbonyl (C=O) groups is 1. The van der Waals surface area contributed by atoms with Gasteiger partial charge in [-0.15, -0.1) is 0 Å². The molecule has 1 heterocycles. The third-order valence-corrected chi connectivity index (χ3v) is 4.87. The summed E-state index contributed by atoms with van der Waals surface area (Å²) in [6.07, 6.45) is 0. The smallest absolute Gasteiger partial charge is 0.251 e. The molecule has 1 aromatic heterocycles. The molecule has 2 aromatic carbocycles. The van der Waals surface area contributed by atoms with E-state index >= 15 is 0 Å². The predicted molar refractivity (Wildman–Crippen MR) is 101 cm³/mol. The van der Waals surface area contributed by atoms with Crippen LogP contribution in [0.4, 0.5) is 0 Å². The quantitative estimate of drug-likeness (QED) is 0.699. The van der Waals surface area contributed by atoms with Crippen LogP contribution in [0.3, 0.4) is 0 Å². The summed E-state index contributed by atoms with van der Waals surface area (Å²) in [7, 11) is 0. The van der Waals surface area contributed by atoms with Gasteiger partial charge in [0.2, 0.25) is 0 Å². The number of aromatic nitrogens is 1. The third kappa shape index (κ3) is 3.02. The summed E-state index contributed by atoms with van der Waals surface area (Å²) >= 11 is 3.45. The van der Waals surface area contributed by atoms with Crippen molar-refractivity contribution in [3.8, 4) is 11.1 Å². The summed E-state index contributed by atoms with van der Waals surface area (Å²) in [4.78, 5) is 12.1. The molecule has 1 amide bonds. The maximum absolute atomic E-state index is 12.1. The van der Waals surface area contributed by atoms with Crippen LogP contribution in [0.5, 0.6) is 0 Å². The highest BCUT2D eigenvalue weighted by Crippen LogP contribution is 2.33. The Hall–Kier alpha value is -2.33. The van der Waals surface area contributed by atoms with Crippen molar-refractivity contribution < 1.29 is 4.79 Å². The topological polar surface area (TPSA) is 48.0 Å². The van der Waals surface area contributed by atoms with Crippen molar-refractivity contribution in [2.75, 3.05) is 0 Å². The van der Waals surface area contributed by atoms with Crippen LogP contribution < -0.4 is 5.73 Å². The Morgan fingerprint density at radius 1 is 1.00 bits per heavy atom. The van der Waals surface area contributed by atoms with E-state index in [0.29, 0.717) is 5.56 Å². The number of nitrogens with zero attached hydrogens (tertiary/aromatic N) is 1. The summed E-state index contributed by atoms with van der Waals surface area (Å²) in [5, 5.41) is 0. The summed E-state index contributed by atoms with van der Waals surface area (Å²) in [6, 6.07) is 18.2. The molecule has 0 fully saturated rings. The maximum Gasteiger partial charge on any atom is 0.251 e. The lowest BCUT2D eigenvalue weighted by Crippen LogP contribution is -2.13. The second-order valence-corrected chi connectivity index (χ2v) is 6.78. The average Bonchev–Trinajstić information content (AvgIpc) is 2.81. The van der Waals surface area contributed by atoms with Crippen molar-refractivity contribution >= 4 is 21.8 Å². The van der Waals surface area contributed by atoms with Crippen molar-refractivity contribution in [2.24, 2.45) is 5.73 Å². The van der Waals surface area contributed by atoms with E-state index in [1.54, 1.807) is 0 Å². The average molecular weight is 383 g/mol. The van der Waals surface area contributed by atoms with E-state index in [1.807, 2.05) is 56.3 Å². The van der Waals surface area contributed by atoms with Crippen LogP contribution in [0.1, 0.15) is 27.3 Å². The van der Waals surface area contributed by atoms with Gasteiger partial charge in [-0.3, -0.25) is 4.79 Å². The van der Waals surface area contributed by atoms with Crippen molar-refractivity contribution in [1.29, 1.82) is 0 Å². The van der Waals surface area contributed by atoms with E-state index in [4.69, 9.17) is 5.73 Å². The molecule has 4 heteroatoms. The molecule has 0 aliphatic rings. The summed E-state index contributed by atoms with van der Waals surface area (Å²) in [5.41, 5.74) is 11.4. The molecule has 24 heavy (non-hydrogen) atoms. The lowest BCUT2D eigenvalue weighted by atomic mass is 10.0. The zero-order valence-corrected chi connectivity index (χ0v) is 15.3. The Morgan fingerprint density at radius 2 is 1.62 bits per heavy atom. The fourth-order valence-corrected chi connectivity index (χ4v) is 3.42. The first kappa shape index (κ1) is 16.5. The monoisotopic (exact) mass is 382 g/mol. The standard InChI is InChI=1S/C20H19BrN2O/c1-13-18(16-8-10-17(21)11-9-16)19(20(22)24)14(2)23(13)12-15-6-4-3-5-7-15/h3-11H,12H2,1-2H3,(H2,22,24). The zero-order valence-electron chi connectivity index (χ0n) is 13.7. The first-order valence-electron chi connectivity index (χ1n) is 7.78. The highest BCUT2D eigenvalue weighted by atomic mass is 79.9. The van der Waals surface area contributed by atoms with Crippen LogP contribution in [0, 0.1) is 13.8 Å². The van der Waals surface area contributed by atoms with E-state index in [-0.39, 0.29) is 5.91 Å². The molecule has 0 atom stereocenters. The van der Waals surface area contributed by atoms with E-state index in [0.717, 1.165) is 33.5 Å². The second kappa shape index (κ2) is 6.65. The van der Waals surface area contributed by atoms with E-state index in [1.165, 1.54) is 5.56 Å². The molecule has 3 nitrogen and oxygen atoms in total. The molecule has 0 bridgehead atoms. The number of halogens is 1. The first-order chi connectivity index (χ1) is 11.5. The highest BCUT2D eigenvalue weighted by molar-refractivity contribution is 9.10. The lowest BCUT2D eigenvalue weighted by Gasteiger charge is -2.10. The van der Waals surface area contributed by atoms with Crippen molar-refractivity contribution in [1.82, 2.24) is 4.57 Å². The molecule has 0 saturated heterocycles. The molecule has 2 N–H and O–H groups in total. The van der Waals surface area contributed by atoms with E-state index < -0.39 is 0 Å². The van der Waals surface area contributed by atoms with Crippen LogP contribution >= 0.6 is 15.9 Å². The molecule has 0 saturated carbocycles. The lowest BCUT2D eigenvalue weighted by molar-refractivity contribution is 0.1000. The Bertz CT molecular complexity index is 880. The van der Waals surface area contributed by atoms with Gasteiger partial charge in [-0.05, 0) is 37.1 Å². The molecule has 0 unspecified atom stereocenters. The number of amides is 1. The fourth-order valence-electron chi connectivity index (χ4n) is 3.16. The molecule has 122 valence electrons. The van der Waals surface area contributed by atoms with Gasteiger partial charge in [0.15, 0.2) is 0 Å². The maximum atomic E-state index is 12.1. The van der Waals surface area contributed by atoms with Crippen LogP contribution in [0.15, 0.2) is 59.1 Å². The van der Waals surface area contributed by atoms with Gasteiger partial charge in [0.25, 0.3) is 5.91 Å². The van der Waals surface area contributed by atoms with Gasteiger partial charge in [-0.2, -0.15) is 0 Å². The van der Waals surface area contributed by atoms with Gasteiger partial charge < -0.3 is 10.3 Å². The molecule has 3 aromatic rings. The molecule has 0 aliphatic heterocycles. The van der Waals surface area contributed by atoms with Crippen LogP contribution in [-0.2, 0) is 6.54 Å². The number of rotatable bonds is 4. The molecule has 0 radical (unpaired) electrons. The Morgan fingerprint density at radius 3 is 2.21 bits per heavy atom. The summed E-state index contributed by atoms with van der Waals surface area (Å²) in [5.74, 6) is -0.389. The molecular formula is C20H19BrN2O. The Balaban J connectivity index is 2.16. The molecule has 0 aliphatic carbocycles. The van der Waals surface area contributed by atoms with Crippen LogP contribution in [0.25, 0.3) is 11.1 Å². The first-order valence-corrected chi connectivity index (χ1v) is 8.57. The number of primary amides is 1. The van der Waals surface area contributed by atoms with Gasteiger partial charge in [0.1, 0.15) is 0 Å². The zero-order chi connectivity index (χ0) is 17.3. The number of nitrogens with two attached hydrogens (primary N) is 1. The minimum absolute atomic E-state index is 0.389. The molecular weight excluding hydrogens is 364 g/mol. The van der Waals surface area contributed by atoms with Gasteiger partial charge >= 0.3 is 0 Å². The van der Waals surface area contributed by atoms with E-state index in [9.17, 15) is 4.79 Å². The van der Waals surface area contributed by atoms with E-state index in [2.05, 4.69) is 32.6 Å². The fraction of sp³-hybridized carbons (Fsp3) is 0.150. The van der Waals surface area contributed by atoms with Crippen molar-refractivity contribution in [2.45, 2.75) is 20.4 Å². The molecule has 0 spiro atoms. The van der Waals surface area contributed by atoms with Gasteiger partial charge in [-0.25, -0.2) is 0 Å². The number of benzene rings is 2. The van der Waals surface area contributed by atoms with Crippen LogP contribution in [0.2, 0.25) is 0 Å². The highest BCUT2D eigenvalue weighted by Gasteiger charge is 2.22. The van der Waals surface area contributed by atoms with Crippen molar-refractivity contribution in [3.63, 3.8) is 0 Å². The van der Waals surface area contributed by atoms with Gasteiger partial charge in [0, 0.05) is 28.0 Å². The van der Waals surface area contributed by atoms with Gasteiger partial charge in [0.05, 0.1) is 5.56 Å². The number of hydrogen-bond acceptors (Lipinski definition) is 1. The van der Waals surface area contributed by atoms with Crippen LogP contribution in [-0.4, -0.2) is 10.5 Å². The summed E-state index contributed by atoms with van der Waals surface area (Å²) in [6.45, 7) is 4.72. The second-order valence-electron chi connectivity index (χ2n) is 5.86. The van der Waals surface area contributed by atoms with Gasteiger partial charge in [-0.1, -0.05) is 58.4 Å². The normalized spacial score (nSPS) is 10.8.